The van der Waals surface area contributed by atoms with E-state index in [0.29, 0.717) is 12.0 Å². The Hall–Kier alpha value is -1.50. The van der Waals surface area contributed by atoms with Crippen molar-refractivity contribution in [3.8, 4) is 5.69 Å². The number of hydrogen-bond donors (Lipinski definition) is 0. The molecule has 1 saturated carbocycles. The highest BCUT2D eigenvalue weighted by Gasteiger charge is 2.31. The zero-order chi connectivity index (χ0) is 16.5. The van der Waals surface area contributed by atoms with E-state index in [4.69, 9.17) is 22.1 Å². The highest BCUT2D eigenvalue weighted by Crippen LogP contribution is 2.40. The first-order valence-electron chi connectivity index (χ1n) is 8.85. The van der Waals surface area contributed by atoms with E-state index in [1.54, 1.807) is 0 Å². The minimum absolute atomic E-state index is 0.326. The number of morpholine rings is 1. The van der Waals surface area contributed by atoms with Crippen molar-refractivity contribution < 1.29 is 4.74 Å². The smallest absolute Gasteiger partial charge is 0.203 e. The number of hydrogen-bond acceptors (Lipinski definition) is 4. The lowest BCUT2D eigenvalue weighted by Gasteiger charge is -2.32. The van der Waals surface area contributed by atoms with Gasteiger partial charge in [-0.3, -0.25) is 9.47 Å². The summed E-state index contributed by atoms with van der Waals surface area (Å²) in [6.45, 7) is 5.61. The van der Waals surface area contributed by atoms with Crippen LogP contribution in [0.3, 0.4) is 0 Å². The Morgan fingerprint density at radius 3 is 2.75 bits per heavy atom. The summed E-state index contributed by atoms with van der Waals surface area (Å²) in [5.41, 5.74) is 1.11. The standard InChI is InChI=1S/C18H24N4OS/c1-2-16-12-20(10-11-23-16)13-21-18(24)22(15-6-4-3-5-7-15)17(19-21)14-8-9-14/h3-7,14,16H,2,8-13H2,1H3/t16-/m0/s1. The minimum atomic E-state index is 0.326. The van der Waals surface area contributed by atoms with E-state index in [1.807, 2.05) is 10.7 Å². The van der Waals surface area contributed by atoms with Gasteiger partial charge < -0.3 is 4.74 Å². The molecule has 0 radical (unpaired) electrons. The molecule has 6 heteroatoms. The van der Waals surface area contributed by atoms with Crippen LogP contribution < -0.4 is 0 Å². The van der Waals surface area contributed by atoms with Crippen LogP contribution in [0.25, 0.3) is 5.69 Å². The van der Waals surface area contributed by atoms with Crippen molar-refractivity contribution in [2.45, 2.75) is 44.9 Å². The Bertz CT molecular complexity index is 750. The lowest BCUT2D eigenvalue weighted by atomic mass is 10.2. The zero-order valence-corrected chi connectivity index (χ0v) is 14.9. The predicted molar refractivity (Wildman–Crippen MR) is 96.0 cm³/mol. The fourth-order valence-electron chi connectivity index (χ4n) is 3.29. The van der Waals surface area contributed by atoms with Crippen molar-refractivity contribution in [1.82, 2.24) is 19.2 Å². The Labute approximate surface area is 147 Å². The molecule has 5 nitrogen and oxygen atoms in total. The van der Waals surface area contributed by atoms with Gasteiger partial charge in [-0.1, -0.05) is 25.1 Å². The largest absolute Gasteiger partial charge is 0.376 e. The molecule has 0 bridgehead atoms. The van der Waals surface area contributed by atoms with Gasteiger partial charge in [-0.2, -0.15) is 5.10 Å². The van der Waals surface area contributed by atoms with Crippen LogP contribution in [0.15, 0.2) is 30.3 Å². The topological polar surface area (TPSA) is 35.2 Å². The van der Waals surface area contributed by atoms with Gasteiger partial charge in [0.25, 0.3) is 0 Å². The van der Waals surface area contributed by atoms with Gasteiger partial charge in [-0.15, -0.1) is 0 Å². The SMILES string of the molecule is CC[C@H]1CN(Cn2nc(C3CC3)n(-c3ccccc3)c2=S)CCO1. The van der Waals surface area contributed by atoms with Crippen molar-refractivity contribution in [2.75, 3.05) is 19.7 Å². The maximum Gasteiger partial charge on any atom is 0.203 e. The Kier molecular flexibility index (Phi) is 4.52. The van der Waals surface area contributed by atoms with Gasteiger partial charge in [0.15, 0.2) is 0 Å². The Balaban J connectivity index is 1.64. The first-order chi connectivity index (χ1) is 11.8. The van der Waals surface area contributed by atoms with E-state index in [2.05, 4.69) is 40.7 Å². The normalized spacial score (nSPS) is 22.0. The number of rotatable bonds is 5. The summed E-state index contributed by atoms with van der Waals surface area (Å²) in [4.78, 5) is 2.40. The first kappa shape index (κ1) is 16.0. The minimum Gasteiger partial charge on any atom is -0.376 e. The Morgan fingerprint density at radius 1 is 1.25 bits per heavy atom. The van der Waals surface area contributed by atoms with Crippen LogP contribution in [0.4, 0.5) is 0 Å². The molecule has 128 valence electrons. The van der Waals surface area contributed by atoms with E-state index in [-0.39, 0.29) is 0 Å². The summed E-state index contributed by atoms with van der Waals surface area (Å²) in [7, 11) is 0. The molecule has 1 aromatic heterocycles. The van der Waals surface area contributed by atoms with Crippen molar-refractivity contribution in [3.63, 3.8) is 0 Å². The van der Waals surface area contributed by atoms with Crippen molar-refractivity contribution in [1.29, 1.82) is 0 Å². The fraction of sp³-hybridized carbons (Fsp3) is 0.556. The van der Waals surface area contributed by atoms with E-state index >= 15 is 0 Å². The van der Waals surface area contributed by atoms with E-state index < -0.39 is 0 Å². The third kappa shape index (κ3) is 3.18. The van der Waals surface area contributed by atoms with Gasteiger partial charge in [-0.05, 0) is 43.6 Å². The number of aromatic nitrogens is 3. The molecule has 0 unspecified atom stereocenters. The van der Waals surface area contributed by atoms with Crippen LogP contribution in [-0.4, -0.2) is 45.0 Å². The molecular weight excluding hydrogens is 320 g/mol. The van der Waals surface area contributed by atoms with E-state index in [1.165, 1.54) is 12.8 Å². The molecule has 0 N–H and O–H groups in total. The molecule has 0 spiro atoms. The molecular formula is C18H24N4OS. The molecule has 1 aromatic carbocycles. The highest BCUT2D eigenvalue weighted by atomic mass is 32.1. The lowest BCUT2D eigenvalue weighted by Crippen LogP contribution is -2.43. The summed E-state index contributed by atoms with van der Waals surface area (Å²) in [6.07, 6.45) is 3.81. The van der Waals surface area contributed by atoms with Crippen LogP contribution in [0.1, 0.15) is 37.9 Å². The second-order valence-corrected chi connectivity index (χ2v) is 7.07. The number of ether oxygens (including phenoxy) is 1. The molecule has 2 fully saturated rings. The van der Waals surface area contributed by atoms with Crippen LogP contribution in [-0.2, 0) is 11.4 Å². The maximum atomic E-state index is 5.77. The average molecular weight is 344 g/mol. The summed E-state index contributed by atoms with van der Waals surface area (Å²) >= 11 is 5.77. The van der Waals surface area contributed by atoms with Gasteiger partial charge in [0.2, 0.25) is 4.77 Å². The third-order valence-corrected chi connectivity index (χ3v) is 5.23. The van der Waals surface area contributed by atoms with E-state index in [0.717, 1.165) is 49.1 Å². The molecule has 0 amide bonds. The lowest BCUT2D eigenvalue weighted by molar-refractivity contribution is -0.0412. The summed E-state index contributed by atoms with van der Waals surface area (Å²) < 4.78 is 10.7. The van der Waals surface area contributed by atoms with E-state index in [9.17, 15) is 0 Å². The monoisotopic (exact) mass is 344 g/mol. The van der Waals surface area contributed by atoms with Crippen LogP contribution in [0.2, 0.25) is 0 Å². The summed E-state index contributed by atoms with van der Waals surface area (Å²) in [6, 6.07) is 10.4. The fourth-order valence-corrected chi connectivity index (χ4v) is 3.59. The molecule has 24 heavy (non-hydrogen) atoms. The zero-order valence-electron chi connectivity index (χ0n) is 14.1. The molecule has 1 aliphatic carbocycles. The van der Waals surface area contributed by atoms with Crippen LogP contribution >= 0.6 is 12.2 Å². The van der Waals surface area contributed by atoms with Gasteiger partial charge in [0.1, 0.15) is 5.82 Å². The van der Waals surface area contributed by atoms with Crippen LogP contribution in [0.5, 0.6) is 0 Å². The van der Waals surface area contributed by atoms with Gasteiger partial charge in [0.05, 0.1) is 19.4 Å². The van der Waals surface area contributed by atoms with Gasteiger partial charge in [-0.25, -0.2) is 4.68 Å². The highest BCUT2D eigenvalue weighted by molar-refractivity contribution is 7.71. The van der Waals surface area contributed by atoms with Gasteiger partial charge >= 0.3 is 0 Å². The summed E-state index contributed by atoms with van der Waals surface area (Å²) in [5.74, 6) is 1.67. The van der Waals surface area contributed by atoms with Crippen molar-refractivity contribution in [2.24, 2.45) is 0 Å². The molecule has 4 rings (SSSR count). The molecule has 1 saturated heterocycles. The number of nitrogens with zero attached hydrogens (tertiary/aromatic N) is 4. The first-order valence-corrected chi connectivity index (χ1v) is 9.26. The van der Waals surface area contributed by atoms with Crippen LogP contribution in [0, 0.1) is 4.77 Å². The predicted octanol–water partition coefficient (Wildman–Crippen LogP) is 3.35. The van der Waals surface area contributed by atoms with Crippen molar-refractivity contribution >= 4 is 12.2 Å². The summed E-state index contributed by atoms with van der Waals surface area (Å²) in [5, 5.41) is 4.89. The number of para-hydroxylation sites is 1. The number of benzene rings is 1. The molecule has 2 aliphatic rings. The Morgan fingerprint density at radius 2 is 2.04 bits per heavy atom. The average Bonchev–Trinajstić information content (AvgIpc) is 3.41. The second-order valence-electron chi connectivity index (χ2n) is 6.71. The third-order valence-electron chi connectivity index (χ3n) is 4.83. The maximum absolute atomic E-state index is 5.77. The van der Waals surface area contributed by atoms with Gasteiger partial charge in [0, 0.05) is 24.7 Å². The molecule has 1 aliphatic heterocycles. The second kappa shape index (κ2) is 6.78. The van der Waals surface area contributed by atoms with Crippen molar-refractivity contribution in [3.05, 3.63) is 40.9 Å². The quantitative estimate of drug-likeness (QED) is 0.779. The molecule has 2 aromatic rings. The molecule has 1 atom stereocenters. The molecule has 2 heterocycles.